The fourth-order valence-electron chi connectivity index (χ4n) is 3.89. The molecule has 33 heavy (non-hydrogen) atoms. The average molecular weight is 481 g/mol. The average Bonchev–Trinajstić information content (AvgIpc) is 3.27. The number of nitrogens with zero attached hydrogens (tertiary/aromatic N) is 3. The van der Waals surface area contributed by atoms with Crippen molar-refractivity contribution >= 4 is 45.7 Å². The second-order valence-corrected chi connectivity index (χ2v) is 9.94. The first-order chi connectivity index (χ1) is 16.0. The van der Waals surface area contributed by atoms with E-state index in [4.69, 9.17) is 0 Å². The highest BCUT2D eigenvalue weighted by Crippen LogP contribution is 2.28. The van der Waals surface area contributed by atoms with Crippen LogP contribution in [0.1, 0.15) is 11.1 Å². The molecule has 8 heteroatoms. The number of benzene rings is 2. The highest BCUT2D eigenvalue weighted by Gasteiger charge is 2.21. The number of carbonyl (C=O) groups excluding carboxylic acids is 2. The van der Waals surface area contributed by atoms with Crippen LogP contribution in [-0.4, -0.2) is 59.4 Å². The van der Waals surface area contributed by atoms with Crippen LogP contribution in [0.4, 0.5) is 10.8 Å². The molecular weight excluding hydrogens is 452 g/mol. The molecule has 2 amide bonds. The number of piperazine rings is 1. The summed E-state index contributed by atoms with van der Waals surface area (Å²) >= 11 is 2.76. The molecule has 0 aliphatic carbocycles. The molecule has 1 saturated heterocycles. The molecule has 172 valence electrons. The van der Waals surface area contributed by atoms with Gasteiger partial charge in [0.05, 0.1) is 17.2 Å². The van der Waals surface area contributed by atoms with Crippen molar-refractivity contribution in [3.8, 4) is 11.3 Å². The number of carbonyl (C=O) groups is 2. The number of amides is 2. The summed E-state index contributed by atoms with van der Waals surface area (Å²) in [6, 6.07) is 16.5. The van der Waals surface area contributed by atoms with E-state index in [0.29, 0.717) is 24.0 Å². The van der Waals surface area contributed by atoms with E-state index in [9.17, 15) is 9.59 Å². The van der Waals surface area contributed by atoms with Gasteiger partial charge in [0, 0.05) is 42.8 Å². The lowest BCUT2D eigenvalue weighted by molar-refractivity contribution is -0.128. The van der Waals surface area contributed by atoms with Gasteiger partial charge in [-0.15, -0.1) is 23.1 Å². The minimum Gasteiger partial charge on any atom is -0.368 e. The Morgan fingerprint density at radius 1 is 1.03 bits per heavy atom. The number of nitrogens with one attached hydrogen (secondary N) is 1. The van der Waals surface area contributed by atoms with Crippen LogP contribution < -0.4 is 10.2 Å². The van der Waals surface area contributed by atoms with E-state index in [1.54, 1.807) is 0 Å². The van der Waals surface area contributed by atoms with Gasteiger partial charge in [0.1, 0.15) is 0 Å². The van der Waals surface area contributed by atoms with E-state index in [1.807, 2.05) is 28.5 Å². The Labute approximate surface area is 203 Å². The van der Waals surface area contributed by atoms with Gasteiger partial charge in [-0.25, -0.2) is 4.98 Å². The summed E-state index contributed by atoms with van der Waals surface area (Å²) in [6.07, 6.45) is 0. The summed E-state index contributed by atoms with van der Waals surface area (Å²) in [5, 5.41) is 5.40. The van der Waals surface area contributed by atoms with E-state index in [-0.39, 0.29) is 17.6 Å². The van der Waals surface area contributed by atoms with Gasteiger partial charge < -0.3 is 15.1 Å². The smallest absolute Gasteiger partial charge is 0.236 e. The molecule has 0 bridgehead atoms. The van der Waals surface area contributed by atoms with Crippen LogP contribution in [0.25, 0.3) is 11.3 Å². The van der Waals surface area contributed by atoms with Crippen LogP contribution in [0.2, 0.25) is 0 Å². The molecule has 1 aliphatic rings. The van der Waals surface area contributed by atoms with Crippen LogP contribution >= 0.6 is 23.1 Å². The molecule has 2 heterocycles. The summed E-state index contributed by atoms with van der Waals surface area (Å²) in [6.45, 7) is 7.20. The van der Waals surface area contributed by atoms with Gasteiger partial charge in [-0.3, -0.25) is 9.59 Å². The molecule has 1 aromatic heterocycles. The third kappa shape index (κ3) is 6.15. The van der Waals surface area contributed by atoms with Gasteiger partial charge in [0.25, 0.3) is 0 Å². The Kier molecular flexibility index (Phi) is 7.67. The second-order valence-electron chi connectivity index (χ2n) is 8.10. The summed E-state index contributed by atoms with van der Waals surface area (Å²) < 4.78 is 0. The quantitative estimate of drug-likeness (QED) is 0.541. The van der Waals surface area contributed by atoms with Gasteiger partial charge >= 0.3 is 0 Å². The van der Waals surface area contributed by atoms with Crippen molar-refractivity contribution in [2.45, 2.75) is 13.8 Å². The van der Waals surface area contributed by atoms with Crippen molar-refractivity contribution in [1.29, 1.82) is 0 Å². The molecule has 2 aromatic carbocycles. The molecule has 6 nitrogen and oxygen atoms in total. The van der Waals surface area contributed by atoms with Gasteiger partial charge in [0.2, 0.25) is 11.8 Å². The number of anilines is 2. The van der Waals surface area contributed by atoms with Crippen molar-refractivity contribution in [3.63, 3.8) is 0 Å². The molecule has 1 aliphatic heterocycles. The van der Waals surface area contributed by atoms with Gasteiger partial charge in [-0.05, 0) is 31.5 Å². The number of thioether (sulfide) groups is 1. The molecule has 0 saturated carbocycles. The Balaban J connectivity index is 1.19. The zero-order chi connectivity index (χ0) is 23.2. The molecule has 1 fully saturated rings. The highest BCUT2D eigenvalue weighted by atomic mass is 32.2. The molecule has 3 aromatic rings. The van der Waals surface area contributed by atoms with Crippen molar-refractivity contribution < 1.29 is 9.59 Å². The predicted molar refractivity (Wildman–Crippen MR) is 138 cm³/mol. The molecule has 0 unspecified atom stereocenters. The third-order valence-corrected chi connectivity index (χ3v) is 7.30. The summed E-state index contributed by atoms with van der Waals surface area (Å²) in [7, 11) is 0. The maximum Gasteiger partial charge on any atom is 0.236 e. The Morgan fingerprint density at radius 2 is 1.79 bits per heavy atom. The number of aryl methyl sites for hydroxylation is 2. The second kappa shape index (κ2) is 10.9. The predicted octanol–water partition coefficient (Wildman–Crippen LogP) is 4.45. The highest BCUT2D eigenvalue weighted by molar-refractivity contribution is 8.00. The van der Waals surface area contributed by atoms with E-state index in [2.05, 4.69) is 59.4 Å². The minimum absolute atomic E-state index is 0.0897. The maximum absolute atomic E-state index is 12.5. The summed E-state index contributed by atoms with van der Waals surface area (Å²) in [5.74, 6) is 0.494. The van der Waals surface area contributed by atoms with Crippen LogP contribution in [0.15, 0.2) is 53.9 Å². The molecule has 0 spiro atoms. The van der Waals surface area contributed by atoms with Gasteiger partial charge in [-0.1, -0.05) is 42.0 Å². The Morgan fingerprint density at radius 3 is 2.52 bits per heavy atom. The fourth-order valence-corrected chi connectivity index (χ4v) is 5.33. The number of rotatable bonds is 7. The minimum atomic E-state index is -0.136. The van der Waals surface area contributed by atoms with Crippen molar-refractivity contribution in [2.75, 3.05) is 47.9 Å². The largest absolute Gasteiger partial charge is 0.368 e. The lowest BCUT2D eigenvalue weighted by Gasteiger charge is -2.36. The monoisotopic (exact) mass is 480 g/mol. The third-order valence-electron chi connectivity index (χ3n) is 5.62. The maximum atomic E-state index is 12.5. The molecule has 0 atom stereocenters. The number of hydrogen-bond donors (Lipinski definition) is 1. The van der Waals surface area contributed by atoms with Gasteiger partial charge in [-0.2, -0.15) is 0 Å². The van der Waals surface area contributed by atoms with E-state index < -0.39 is 0 Å². The van der Waals surface area contributed by atoms with Crippen molar-refractivity contribution in [2.24, 2.45) is 0 Å². The van der Waals surface area contributed by atoms with Crippen molar-refractivity contribution in [3.05, 3.63) is 65.0 Å². The van der Waals surface area contributed by atoms with Crippen LogP contribution in [0, 0.1) is 13.8 Å². The first-order valence-electron chi connectivity index (χ1n) is 11.0. The number of hydrogen-bond acceptors (Lipinski definition) is 6. The number of para-hydroxylation sites is 1. The molecular formula is C25H28N4O2S2. The number of thiazole rings is 1. The molecule has 4 rings (SSSR count). The Bertz CT molecular complexity index is 1110. The summed E-state index contributed by atoms with van der Waals surface area (Å²) in [5.41, 5.74) is 5.51. The fraction of sp³-hybridized carbons (Fsp3) is 0.320. The van der Waals surface area contributed by atoms with E-state index in [0.717, 1.165) is 29.9 Å². The normalized spacial score (nSPS) is 13.8. The lowest BCUT2D eigenvalue weighted by atomic mass is 10.0. The van der Waals surface area contributed by atoms with Crippen LogP contribution in [-0.2, 0) is 9.59 Å². The lowest BCUT2D eigenvalue weighted by Crippen LogP contribution is -2.49. The first kappa shape index (κ1) is 23.3. The standard InChI is InChI=1S/C25H28N4O2S2/c1-18-8-9-21(19(2)14-18)22-15-33-25(26-22)27-23(30)16-32-17-24(31)29-12-10-28(11-13-29)20-6-4-3-5-7-20/h3-9,14-15H,10-13,16-17H2,1-2H3,(H,26,27,30). The zero-order valence-corrected chi connectivity index (χ0v) is 20.5. The van der Waals surface area contributed by atoms with Gasteiger partial charge in [0.15, 0.2) is 5.13 Å². The first-order valence-corrected chi connectivity index (χ1v) is 13.0. The van der Waals surface area contributed by atoms with E-state index >= 15 is 0 Å². The molecule has 0 radical (unpaired) electrons. The zero-order valence-electron chi connectivity index (χ0n) is 18.9. The SMILES string of the molecule is Cc1ccc(-c2csc(NC(=O)CSCC(=O)N3CCN(c4ccccc4)CC3)n2)c(C)c1. The topological polar surface area (TPSA) is 65.5 Å². The van der Waals surface area contributed by atoms with Crippen LogP contribution in [0.5, 0.6) is 0 Å². The molecule has 1 N–H and O–H groups in total. The summed E-state index contributed by atoms with van der Waals surface area (Å²) in [4.78, 5) is 33.6. The van der Waals surface area contributed by atoms with Crippen LogP contribution in [0.3, 0.4) is 0 Å². The number of aromatic nitrogens is 1. The van der Waals surface area contributed by atoms with E-state index in [1.165, 1.54) is 34.3 Å². The Hall–Kier alpha value is -2.84. The van der Waals surface area contributed by atoms with Crippen molar-refractivity contribution in [1.82, 2.24) is 9.88 Å².